The maximum atomic E-state index is 14.5. The van der Waals surface area contributed by atoms with Crippen molar-refractivity contribution in [2.45, 2.75) is 108 Å². The molecule has 5 fully saturated rings. The fraction of sp³-hybridized carbons (Fsp3) is 0.629. The summed E-state index contributed by atoms with van der Waals surface area (Å²) in [4.78, 5) is 39.6. The lowest BCUT2D eigenvalue weighted by atomic mass is 9.53. The molecule has 10 nitrogen and oxygen atoms in total. The Morgan fingerprint density at radius 2 is 1.74 bits per heavy atom. The number of amides is 2. The fourth-order valence-corrected chi connectivity index (χ4v) is 7.59. The molecule has 4 aliphatic carbocycles. The third-order valence-electron chi connectivity index (χ3n) is 10.6. The molecule has 2 bridgehead atoms. The lowest BCUT2D eigenvalue weighted by Crippen LogP contribution is -2.52. The number of nitrogens with zero attached hydrogens (tertiary/aromatic N) is 5. The van der Waals surface area contributed by atoms with Gasteiger partial charge in [0, 0.05) is 48.1 Å². The van der Waals surface area contributed by atoms with Gasteiger partial charge in [-0.2, -0.15) is 4.98 Å². The standard InChI is InChI=1S/C35H43F2N5O5/c1-33(2,3)46-32(44)41-17-9-23(10-18-41)30(43)42(25-6-4-5-24(19-25)29-38-26(20-45-29)27(36)37)21-34-11-14-35(15-12-34,16-13-34)31-39-28(40-47-31)22-7-8-22/h4-6,19-20,22-23,27H,7-18,21H2,1-3H3. The van der Waals surface area contributed by atoms with Crippen LogP contribution >= 0.6 is 0 Å². The molecule has 1 saturated heterocycles. The van der Waals surface area contributed by atoms with Crippen LogP contribution in [0.4, 0.5) is 19.3 Å². The molecule has 0 N–H and O–H groups in total. The molecule has 5 aliphatic rings. The quantitative estimate of drug-likeness (QED) is 0.242. The second kappa shape index (κ2) is 12.0. The summed E-state index contributed by atoms with van der Waals surface area (Å²) >= 11 is 0. The first-order chi connectivity index (χ1) is 22.4. The zero-order chi connectivity index (χ0) is 33.0. The average molecular weight is 652 g/mol. The molecule has 0 spiro atoms. The van der Waals surface area contributed by atoms with Crippen molar-refractivity contribution in [1.29, 1.82) is 0 Å². The van der Waals surface area contributed by atoms with E-state index >= 15 is 0 Å². The molecule has 252 valence electrons. The van der Waals surface area contributed by atoms with Crippen LogP contribution in [0.1, 0.15) is 115 Å². The molecule has 0 unspecified atom stereocenters. The first kappa shape index (κ1) is 31.8. The molecule has 8 rings (SSSR count). The van der Waals surface area contributed by atoms with Crippen molar-refractivity contribution in [3.05, 3.63) is 47.9 Å². The Morgan fingerprint density at radius 3 is 2.36 bits per heavy atom. The number of carbonyl (C=O) groups excluding carboxylic acids is 2. The second-order valence-corrected chi connectivity index (χ2v) is 15.1. The topological polar surface area (TPSA) is 115 Å². The monoisotopic (exact) mass is 651 g/mol. The smallest absolute Gasteiger partial charge is 0.410 e. The Morgan fingerprint density at radius 1 is 1.04 bits per heavy atom. The maximum absolute atomic E-state index is 14.5. The van der Waals surface area contributed by atoms with Gasteiger partial charge in [-0.1, -0.05) is 11.2 Å². The van der Waals surface area contributed by atoms with E-state index in [2.05, 4.69) is 10.1 Å². The number of hydrogen-bond donors (Lipinski definition) is 0. The van der Waals surface area contributed by atoms with Crippen molar-refractivity contribution in [1.82, 2.24) is 20.0 Å². The molecule has 0 radical (unpaired) electrons. The number of aromatic nitrogens is 3. The molecular formula is C35H43F2N5O5. The summed E-state index contributed by atoms with van der Waals surface area (Å²) in [6.45, 7) is 6.94. The molecular weight excluding hydrogens is 608 g/mol. The molecule has 2 aromatic heterocycles. The van der Waals surface area contributed by atoms with Gasteiger partial charge in [-0.05, 0) is 109 Å². The summed E-state index contributed by atoms with van der Waals surface area (Å²) in [5.41, 5.74) is 0.0196. The van der Waals surface area contributed by atoms with Crippen molar-refractivity contribution in [2.24, 2.45) is 11.3 Å². The van der Waals surface area contributed by atoms with E-state index in [-0.39, 0.29) is 34.6 Å². The Hall–Kier alpha value is -3.83. The SMILES string of the molecule is CC(C)(C)OC(=O)N1CCC(C(=O)N(CC23CCC(c4nc(C5CC5)no4)(CC2)CC3)c2cccc(-c3nc(C(F)F)co3)c2)CC1. The third-order valence-corrected chi connectivity index (χ3v) is 10.6. The number of halogens is 2. The first-order valence-corrected chi connectivity index (χ1v) is 16.9. The number of hydrogen-bond acceptors (Lipinski definition) is 8. The van der Waals surface area contributed by atoms with Gasteiger partial charge in [-0.15, -0.1) is 0 Å². The van der Waals surface area contributed by atoms with Crippen LogP contribution in [0.15, 0.2) is 39.5 Å². The van der Waals surface area contributed by atoms with E-state index in [4.69, 9.17) is 18.7 Å². The van der Waals surface area contributed by atoms with E-state index in [1.807, 2.05) is 31.7 Å². The highest BCUT2D eigenvalue weighted by Gasteiger charge is 2.53. The Balaban J connectivity index is 1.11. The number of alkyl halides is 2. The molecule has 3 aromatic rings. The van der Waals surface area contributed by atoms with Gasteiger partial charge in [0.05, 0.1) is 0 Å². The summed E-state index contributed by atoms with van der Waals surface area (Å²) in [6, 6.07) is 7.25. The van der Waals surface area contributed by atoms with Gasteiger partial charge in [0.1, 0.15) is 17.6 Å². The average Bonchev–Trinajstić information content (AvgIpc) is 3.56. The van der Waals surface area contributed by atoms with Crippen LogP contribution in [0.3, 0.4) is 0 Å². The van der Waals surface area contributed by atoms with E-state index in [0.29, 0.717) is 49.6 Å². The highest BCUT2D eigenvalue weighted by Crippen LogP contribution is 2.58. The van der Waals surface area contributed by atoms with E-state index in [0.717, 1.165) is 69.3 Å². The Bertz CT molecular complexity index is 1590. The Labute approximate surface area is 273 Å². The number of anilines is 1. The van der Waals surface area contributed by atoms with Crippen molar-refractivity contribution in [3.63, 3.8) is 0 Å². The highest BCUT2D eigenvalue weighted by atomic mass is 19.3. The van der Waals surface area contributed by atoms with Crippen molar-refractivity contribution in [2.75, 3.05) is 24.5 Å². The number of fused-ring (bicyclic) bond motifs is 3. The van der Waals surface area contributed by atoms with E-state index < -0.39 is 17.7 Å². The number of benzene rings is 1. The molecule has 1 aliphatic heterocycles. The minimum absolute atomic E-state index is 0.00873. The number of ether oxygens (including phenoxy) is 1. The largest absolute Gasteiger partial charge is 0.444 e. The van der Waals surface area contributed by atoms with Gasteiger partial charge in [-0.3, -0.25) is 4.79 Å². The fourth-order valence-electron chi connectivity index (χ4n) is 7.59. The number of oxazole rings is 1. The Kier molecular flexibility index (Phi) is 8.11. The summed E-state index contributed by atoms with van der Waals surface area (Å²) < 4.78 is 43.3. The van der Waals surface area contributed by atoms with Crippen LogP contribution in [0.2, 0.25) is 0 Å². The van der Waals surface area contributed by atoms with E-state index in [1.165, 1.54) is 0 Å². The zero-order valence-electron chi connectivity index (χ0n) is 27.3. The first-order valence-electron chi connectivity index (χ1n) is 16.9. The van der Waals surface area contributed by atoms with Gasteiger partial charge in [0.2, 0.25) is 17.7 Å². The van der Waals surface area contributed by atoms with Crippen LogP contribution in [-0.2, 0) is 14.9 Å². The number of piperidine rings is 1. The molecule has 4 saturated carbocycles. The summed E-state index contributed by atoms with van der Waals surface area (Å²) in [6.07, 6.45) is 6.80. The maximum Gasteiger partial charge on any atom is 0.410 e. The molecule has 3 heterocycles. The molecule has 47 heavy (non-hydrogen) atoms. The minimum atomic E-state index is -2.74. The predicted octanol–water partition coefficient (Wildman–Crippen LogP) is 7.81. The van der Waals surface area contributed by atoms with Crippen LogP contribution in [0.5, 0.6) is 0 Å². The number of carbonyl (C=O) groups is 2. The van der Waals surface area contributed by atoms with Crippen molar-refractivity contribution < 1.29 is 32.0 Å². The van der Waals surface area contributed by atoms with E-state index in [9.17, 15) is 18.4 Å². The van der Waals surface area contributed by atoms with Crippen LogP contribution < -0.4 is 4.90 Å². The van der Waals surface area contributed by atoms with Gasteiger partial charge in [0.25, 0.3) is 6.43 Å². The van der Waals surface area contributed by atoms with Crippen LogP contribution in [0, 0.1) is 11.3 Å². The van der Waals surface area contributed by atoms with Gasteiger partial charge < -0.3 is 23.5 Å². The lowest BCUT2D eigenvalue weighted by molar-refractivity contribution is -0.124. The molecule has 2 amide bonds. The van der Waals surface area contributed by atoms with Crippen LogP contribution in [-0.4, -0.2) is 57.3 Å². The van der Waals surface area contributed by atoms with Gasteiger partial charge >= 0.3 is 6.09 Å². The van der Waals surface area contributed by atoms with Crippen molar-refractivity contribution in [3.8, 4) is 11.5 Å². The normalized spacial score (nSPS) is 24.9. The molecule has 1 aromatic carbocycles. The molecule has 0 atom stereocenters. The van der Waals surface area contributed by atoms with Crippen molar-refractivity contribution >= 4 is 17.7 Å². The predicted molar refractivity (Wildman–Crippen MR) is 168 cm³/mol. The summed E-state index contributed by atoms with van der Waals surface area (Å²) in [5.74, 6) is 1.89. The summed E-state index contributed by atoms with van der Waals surface area (Å²) in [7, 11) is 0. The van der Waals surface area contributed by atoms with Gasteiger partial charge in [-0.25, -0.2) is 18.6 Å². The minimum Gasteiger partial charge on any atom is -0.444 e. The highest BCUT2D eigenvalue weighted by molar-refractivity contribution is 5.96. The third kappa shape index (κ3) is 6.52. The summed E-state index contributed by atoms with van der Waals surface area (Å²) in [5, 5.41) is 4.30. The number of likely N-dealkylation sites (tertiary alicyclic amines) is 1. The van der Waals surface area contributed by atoms with Gasteiger partial charge in [0.15, 0.2) is 5.82 Å². The van der Waals surface area contributed by atoms with E-state index in [1.54, 1.807) is 23.1 Å². The molecule has 12 heteroatoms. The second-order valence-electron chi connectivity index (χ2n) is 15.1. The zero-order valence-corrected chi connectivity index (χ0v) is 27.3. The number of rotatable bonds is 8. The van der Waals surface area contributed by atoms with Crippen LogP contribution in [0.25, 0.3) is 11.5 Å². The lowest BCUT2D eigenvalue weighted by Gasteiger charge is -2.53.